The van der Waals surface area contributed by atoms with Gasteiger partial charge in [0, 0.05) is 11.1 Å². The third-order valence-corrected chi connectivity index (χ3v) is 5.77. The summed E-state index contributed by atoms with van der Waals surface area (Å²) in [5.74, 6) is 0.472. The smallest absolute Gasteiger partial charge is 0.127 e. The van der Waals surface area contributed by atoms with Crippen LogP contribution < -0.4 is 0 Å². The van der Waals surface area contributed by atoms with Crippen molar-refractivity contribution in [3.8, 4) is 22.6 Å². The molecule has 4 rings (SSSR count). The largest absolute Gasteiger partial charge is 0.507 e. The summed E-state index contributed by atoms with van der Waals surface area (Å²) >= 11 is 0. The molecule has 0 heterocycles. The van der Waals surface area contributed by atoms with Crippen LogP contribution in [0.4, 0.5) is 0 Å². The van der Waals surface area contributed by atoms with E-state index in [1.54, 1.807) is 0 Å². The zero-order valence-corrected chi connectivity index (χ0v) is 16.5. The Morgan fingerprint density at radius 2 is 1.00 bits per heavy atom. The van der Waals surface area contributed by atoms with E-state index in [9.17, 15) is 10.2 Å². The molecule has 0 spiro atoms. The Morgan fingerprint density at radius 3 is 1.38 bits per heavy atom. The van der Waals surface area contributed by atoms with Gasteiger partial charge in [-0.2, -0.15) is 0 Å². The lowest BCUT2D eigenvalue weighted by Gasteiger charge is -2.18. The molecule has 0 aromatic heterocycles. The van der Waals surface area contributed by atoms with Crippen LogP contribution >= 0.6 is 18.5 Å². The van der Waals surface area contributed by atoms with Crippen LogP contribution in [-0.2, 0) is 12.3 Å². The fourth-order valence-corrected chi connectivity index (χ4v) is 4.23. The van der Waals surface area contributed by atoms with Crippen LogP contribution in [0.25, 0.3) is 32.7 Å². The second-order valence-corrected chi connectivity index (χ2v) is 7.19. The molecule has 2 nitrogen and oxygen atoms in total. The summed E-state index contributed by atoms with van der Waals surface area (Å²) in [5.41, 5.74) is 3.11. The van der Waals surface area contributed by atoms with E-state index < -0.39 is 0 Å². The van der Waals surface area contributed by atoms with Crippen LogP contribution in [0, 0.1) is 0 Å². The van der Waals surface area contributed by atoms with Crippen molar-refractivity contribution in [2.24, 2.45) is 0 Å². The standard InChI is InChI=1S/C22H20O2P2/c23-21-15(11-25)9-13-5-1-3-7-17(13)19(21)20-18-8-4-2-6-14(18)10-16(12-26)22(20)24/h1-10,23-24H,11-12,25-26H2. The lowest BCUT2D eigenvalue weighted by atomic mass is 9.89. The Labute approximate surface area is 157 Å². The predicted molar refractivity (Wildman–Crippen MR) is 117 cm³/mol. The van der Waals surface area contributed by atoms with Gasteiger partial charge in [-0.3, -0.25) is 0 Å². The van der Waals surface area contributed by atoms with Crippen LogP contribution in [0.3, 0.4) is 0 Å². The van der Waals surface area contributed by atoms with Crippen molar-refractivity contribution in [2.75, 3.05) is 0 Å². The molecule has 2 atom stereocenters. The summed E-state index contributed by atoms with van der Waals surface area (Å²) < 4.78 is 0. The molecular formula is C22H20O2P2. The summed E-state index contributed by atoms with van der Waals surface area (Å²) in [5, 5.41) is 26.1. The van der Waals surface area contributed by atoms with Crippen molar-refractivity contribution in [3.63, 3.8) is 0 Å². The van der Waals surface area contributed by atoms with Crippen molar-refractivity contribution in [1.29, 1.82) is 0 Å². The van der Waals surface area contributed by atoms with E-state index >= 15 is 0 Å². The number of rotatable bonds is 3. The van der Waals surface area contributed by atoms with Gasteiger partial charge in [0.15, 0.2) is 0 Å². The summed E-state index contributed by atoms with van der Waals surface area (Å²) in [6.45, 7) is 0. The topological polar surface area (TPSA) is 40.5 Å². The number of phenolic OH excluding ortho intramolecular Hbond substituents is 2. The predicted octanol–water partition coefficient (Wildman–Crippen LogP) is 5.82. The van der Waals surface area contributed by atoms with Gasteiger partial charge in [-0.1, -0.05) is 48.5 Å². The highest BCUT2D eigenvalue weighted by atomic mass is 31.0. The van der Waals surface area contributed by atoms with Crippen molar-refractivity contribution in [1.82, 2.24) is 0 Å². The average Bonchev–Trinajstić information content (AvgIpc) is 2.68. The zero-order valence-electron chi connectivity index (χ0n) is 14.2. The van der Waals surface area contributed by atoms with Gasteiger partial charge in [0.25, 0.3) is 0 Å². The van der Waals surface area contributed by atoms with Gasteiger partial charge in [0.05, 0.1) is 0 Å². The fourth-order valence-electron chi connectivity index (χ4n) is 3.61. The van der Waals surface area contributed by atoms with E-state index in [0.29, 0.717) is 23.5 Å². The summed E-state index contributed by atoms with van der Waals surface area (Å²) in [7, 11) is 5.34. The van der Waals surface area contributed by atoms with Gasteiger partial charge in [-0.25, -0.2) is 0 Å². The quantitative estimate of drug-likeness (QED) is 0.441. The molecule has 130 valence electrons. The van der Waals surface area contributed by atoms with Crippen LogP contribution in [0.2, 0.25) is 0 Å². The van der Waals surface area contributed by atoms with Crippen LogP contribution in [-0.4, -0.2) is 10.2 Å². The third kappa shape index (κ3) is 2.65. The minimum Gasteiger partial charge on any atom is -0.507 e. The number of benzene rings is 4. The molecule has 0 bridgehead atoms. The lowest BCUT2D eigenvalue weighted by Crippen LogP contribution is -1.93. The maximum Gasteiger partial charge on any atom is 0.127 e. The Bertz CT molecular complexity index is 1040. The van der Waals surface area contributed by atoms with E-state index in [2.05, 4.69) is 18.5 Å². The van der Waals surface area contributed by atoms with Gasteiger partial charge < -0.3 is 10.2 Å². The first kappa shape index (κ1) is 17.3. The van der Waals surface area contributed by atoms with Crippen LogP contribution in [0.5, 0.6) is 11.5 Å². The van der Waals surface area contributed by atoms with Crippen LogP contribution in [0.15, 0.2) is 60.7 Å². The summed E-state index contributed by atoms with van der Waals surface area (Å²) in [4.78, 5) is 0. The van der Waals surface area contributed by atoms with Gasteiger partial charge in [0.2, 0.25) is 0 Å². The normalized spacial score (nSPS) is 11.3. The number of phenols is 2. The molecule has 0 radical (unpaired) electrons. The van der Waals surface area contributed by atoms with Crippen molar-refractivity contribution in [3.05, 3.63) is 71.8 Å². The van der Waals surface area contributed by atoms with Crippen LogP contribution in [0.1, 0.15) is 11.1 Å². The SMILES string of the molecule is Oc1c(CP)cc2ccccc2c1-c1c(O)c(CP)cc2ccccc12. The van der Waals surface area contributed by atoms with Crippen molar-refractivity contribution < 1.29 is 10.2 Å². The first-order chi connectivity index (χ1) is 12.7. The molecule has 0 fully saturated rings. The van der Waals surface area contributed by atoms with E-state index in [-0.39, 0.29) is 11.5 Å². The molecular weight excluding hydrogens is 358 g/mol. The van der Waals surface area contributed by atoms with E-state index in [0.717, 1.165) is 32.7 Å². The Balaban J connectivity index is 2.24. The number of fused-ring (bicyclic) bond motifs is 2. The highest BCUT2D eigenvalue weighted by Gasteiger charge is 2.20. The molecule has 4 aromatic rings. The molecule has 0 aliphatic heterocycles. The third-order valence-electron chi connectivity index (χ3n) is 4.89. The molecule has 26 heavy (non-hydrogen) atoms. The minimum atomic E-state index is 0.236. The van der Waals surface area contributed by atoms with Gasteiger partial charge in [-0.15, -0.1) is 18.5 Å². The number of hydrogen-bond acceptors (Lipinski definition) is 2. The molecule has 2 N–H and O–H groups in total. The van der Waals surface area contributed by atoms with Gasteiger partial charge in [-0.05, 0) is 57.1 Å². The molecule has 4 heteroatoms. The second kappa shape index (κ2) is 6.88. The lowest BCUT2D eigenvalue weighted by molar-refractivity contribution is 0.465. The monoisotopic (exact) mass is 378 g/mol. The molecule has 0 aliphatic rings. The molecule has 0 saturated heterocycles. The Morgan fingerprint density at radius 1 is 0.615 bits per heavy atom. The molecule has 0 amide bonds. The Hall–Kier alpha value is -2.14. The van der Waals surface area contributed by atoms with Crippen molar-refractivity contribution >= 4 is 40.0 Å². The fraction of sp³-hybridized carbons (Fsp3) is 0.0909. The highest BCUT2D eigenvalue weighted by Crippen LogP contribution is 2.48. The van der Waals surface area contributed by atoms with E-state index in [4.69, 9.17) is 0 Å². The van der Waals surface area contributed by atoms with E-state index in [1.165, 1.54) is 0 Å². The summed E-state index contributed by atoms with van der Waals surface area (Å²) in [6, 6.07) is 20.0. The first-order valence-corrected chi connectivity index (χ1v) is 10.2. The minimum absolute atomic E-state index is 0.236. The molecule has 0 saturated carbocycles. The highest BCUT2D eigenvalue weighted by molar-refractivity contribution is 7.15. The number of aromatic hydroxyl groups is 2. The molecule has 2 unspecified atom stereocenters. The second-order valence-electron chi connectivity index (χ2n) is 6.37. The Kier molecular flexibility index (Phi) is 4.57. The van der Waals surface area contributed by atoms with Gasteiger partial charge >= 0.3 is 0 Å². The molecule has 0 aliphatic carbocycles. The van der Waals surface area contributed by atoms with E-state index in [1.807, 2.05) is 60.7 Å². The average molecular weight is 378 g/mol. The number of hydrogen-bond donors (Lipinski definition) is 2. The van der Waals surface area contributed by atoms with Gasteiger partial charge in [0.1, 0.15) is 11.5 Å². The summed E-state index contributed by atoms with van der Waals surface area (Å²) in [6.07, 6.45) is 1.29. The zero-order chi connectivity index (χ0) is 18.3. The maximum absolute atomic E-state index is 11.1. The van der Waals surface area contributed by atoms with Crippen molar-refractivity contribution in [2.45, 2.75) is 12.3 Å². The molecule has 4 aromatic carbocycles. The first-order valence-electron chi connectivity index (χ1n) is 8.53. The maximum atomic E-state index is 11.1.